The highest BCUT2D eigenvalue weighted by molar-refractivity contribution is 5.99. The molecule has 1 N–H and O–H groups in total. The molecule has 1 aliphatic rings. The number of ether oxygens (including phenoxy) is 1. The summed E-state index contributed by atoms with van der Waals surface area (Å²) in [6, 6.07) is -0.397. The molecule has 0 aromatic heterocycles. The zero-order valence-corrected chi connectivity index (χ0v) is 11.9. The smallest absolute Gasteiger partial charge is 0.248 e. The van der Waals surface area contributed by atoms with E-state index in [0.717, 1.165) is 0 Å². The van der Waals surface area contributed by atoms with Crippen molar-refractivity contribution in [3.8, 4) is 0 Å². The van der Waals surface area contributed by atoms with Gasteiger partial charge in [-0.1, -0.05) is 13.8 Å². The lowest BCUT2D eigenvalue weighted by molar-refractivity contribution is -0.156. The number of rotatable bonds is 5. The van der Waals surface area contributed by atoms with Crippen LogP contribution >= 0.6 is 0 Å². The molecule has 0 aliphatic carbocycles. The number of carbonyl (C=O) groups excluding carboxylic acids is 2. The molecule has 0 bridgehead atoms. The summed E-state index contributed by atoms with van der Waals surface area (Å²) >= 11 is 0. The first-order chi connectivity index (χ1) is 8.31. The standard InChI is InChI=1S/C13H24N2O3/c1-6-18-8-7-15-10(9(2)3)11(16)14-13(4,5)12(15)17/h9-10H,6-8H2,1-5H3,(H,14,16). The lowest BCUT2D eigenvalue weighted by Crippen LogP contribution is -2.69. The fraction of sp³-hybridized carbons (Fsp3) is 0.846. The summed E-state index contributed by atoms with van der Waals surface area (Å²) in [6.45, 7) is 10.8. The SMILES string of the molecule is CCOCCN1C(=O)C(C)(C)NC(=O)C1C(C)C. The Morgan fingerprint density at radius 1 is 1.39 bits per heavy atom. The van der Waals surface area contributed by atoms with Crippen LogP contribution in [-0.2, 0) is 14.3 Å². The summed E-state index contributed by atoms with van der Waals surface area (Å²) in [4.78, 5) is 26.1. The topological polar surface area (TPSA) is 58.6 Å². The van der Waals surface area contributed by atoms with E-state index in [1.165, 1.54) is 0 Å². The lowest BCUT2D eigenvalue weighted by atomic mass is 9.91. The molecule has 1 aliphatic heterocycles. The van der Waals surface area contributed by atoms with Crippen LogP contribution < -0.4 is 5.32 Å². The first-order valence-electron chi connectivity index (χ1n) is 6.52. The van der Waals surface area contributed by atoms with E-state index in [0.29, 0.717) is 19.8 Å². The van der Waals surface area contributed by atoms with Gasteiger partial charge in [-0.25, -0.2) is 0 Å². The molecular formula is C13H24N2O3. The van der Waals surface area contributed by atoms with Gasteiger partial charge >= 0.3 is 0 Å². The Labute approximate surface area is 109 Å². The van der Waals surface area contributed by atoms with E-state index >= 15 is 0 Å². The molecule has 1 atom stereocenters. The van der Waals surface area contributed by atoms with Crippen molar-refractivity contribution in [2.75, 3.05) is 19.8 Å². The maximum atomic E-state index is 12.4. The molecule has 0 aromatic rings. The third-order valence-corrected chi connectivity index (χ3v) is 3.15. The maximum Gasteiger partial charge on any atom is 0.248 e. The van der Waals surface area contributed by atoms with Crippen LogP contribution in [0, 0.1) is 5.92 Å². The van der Waals surface area contributed by atoms with Crippen molar-refractivity contribution in [1.82, 2.24) is 10.2 Å². The third kappa shape index (κ3) is 3.02. The average Bonchev–Trinajstić information content (AvgIpc) is 2.24. The largest absolute Gasteiger partial charge is 0.380 e. The van der Waals surface area contributed by atoms with Gasteiger partial charge in [0.1, 0.15) is 11.6 Å². The van der Waals surface area contributed by atoms with Gasteiger partial charge in [0.15, 0.2) is 0 Å². The number of piperazine rings is 1. The minimum atomic E-state index is -0.825. The quantitative estimate of drug-likeness (QED) is 0.740. The predicted molar refractivity (Wildman–Crippen MR) is 69.1 cm³/mol. The van der Waals surface area contributed by atoms with E-state index in [1.54, 1.807) is 18.7 Å². The zero-order valence-electron chi connectivity index (χ0n) is 11.9. The van der Waals surface area contributed by atoms with Crippen LogP contribution in [0.5, 0.6) is 0 Å². The molecule has 1 heterocycles. The van der Waals surface area contributed by atoms with E-state index in [9.17, 15) is 9.59 Å². The highest BCUT2D eigenvalue weighted by Gasteiger charge is 2.45. The van der Waals surface area contributed by atoms with Gasteiger partial charge in [0, 0.05) is 13.2 Å². The number of nitrogens with zero attached hydrogens (tertiary/aromatic N) is 1. The Kier molecular flexibility index (Phi) is 4.73. The first kappa shape index (κ1) is 15.0. The number of amides is 2. The van der Waals surface area contributed by atoms with E-state index < -0.39 is 11.6 Å². The minimum Gasteiger partial charge on any atom is -0.380 e. The van der Waals surface area contributed by atoms with Gasteiger partial charge in [-0.05, 0) is 26.7 Å². The van der Waals surface area contributed by atoms with Crippen LogP contribution in [0.25, 0.3) is 0 Å². The van der Waals surface area contributed by atoms with Gasteiger partial charge in [-0.3, -0.25) is 9.59 Å². The minimum absolute atomic E-state index is 0.0412. The van der Waals surface area contributed by atoms with Crippen molar-refractivity contribution >= 4 is 11.8 Å². The highest BCUT2D eigenvalue weighted by Crippen LogP contribution is 2.22. The van der Waals surface area contributed by atoms with Gasteiger partial charge in [0.25, 0.3) is 0 Å². The average molecular weight is 256 g/mol. The molecule has 1 unspecified atom stereocenters. The van der Waals surface area contributed by atoms with Crippen LogP contribution in [0.15, 0.2) is 0 Å². The summed E-state index contributed by atoms with van der Waals surface area (Å²) < 4.78 is 5.29. The Morgan fingerprint density at radius 3 is 2.50 bits per heavy atom. The molecule has 2 amide bonds. The first-order valence-corrected chi connectivity index (χ1v) is 6.52. The zero-order chi connectivity index (χ0) is 13.9. The lowest BCUT2D eigenvalue weighted by Gasteiger charge is -2.44. The summed E-state index contributed by atoms with van der Waals surface area (Å²) in [6.07, 6.45) is 0. The summed E-state index contributed by atoms with van der Waals surface area (Å²) in [7, 11) is 0. The highest BCUT2D eigenvalue weighted by atomic mass is 16.5. The number of nitrogens with one attached hydrogen (secondary N) is 1. The number of carbonyl (C=O) groups is 2. The van der Waals surface area contributed by atoms with Crippen LogP contribution in [0.2, 0.25) is 0 Å². The number of hydrogen-bond donors (Lipinski definition) is 1. The second-order valence-electron chi connectivity index (χ2n) is 5.50. The molecule has 0 spiro atoms. The Bertz CT molecular complexity index is 326. The van der Waals surface area contributed by atoms with Crippen molar-refractivity contribution in [2.24, 2.45) is 5.92 Å². The predicted octanol–water partition coefficient (Wildman–Crippen LogP) is 0.784. The van der Waals surface area contributed by atoms with Crippen LogP contribution in [-0.4, -0.2) is 48.1 Å². The van der Waals surface area contributed by atoms with E-state index in [-0.39, 0.29) is 17.7 Å². The van der Waals surface area contributed by atoms with Crippen LogP contribution in [0.3, 0.4) is 0 Å². The fourth-order valence-corrected chi connectivity index (χ4v) is 2.27. The van der Waals surface area contributed by atoms with Gasteiger partial charge in [0.05, 0.1) is 6.61 Å². The molecule has 1 saturated heterocycles. The molecule has 5 heteroatoms. The molecule has 5 nitrogen and oxygen atoms in total. The Hall–Kier alpha value is -1.10. The summed E-state index contributed by atoms with van der Waals surface area (Å²) in [5.41, 5.74) is -0.825. The third-order valence-electron chi connectivity index (χ3n) is 3.15. The molecule has 0 radical (unpaired) electrons. The Morgan fingerprint density at radius 2 is 2.00 bits per heavy atom. The fourth-order valence-electron chi connectivity index (χ4n) is 2.27. The summed E-state index contributed by atoms with van der Waals surface area (Å²) in [5, 5.41) is 2.79. The van der Waals surface area contributed by atoms with Gasteiger partial charge in [0.2, 0.25) is 11.8 Å². The molecule has 1 rings (SSSR count). The molecule has 0 aromatic carbocycles. The van der Waals surface area contributed by atoms with Crippen molar-refractivity contribution < 1.29 is 14.3 Å². The van der Waals surface area contributed by atoms with E-state index in [1.807, 2.05) is 20.8 Å². The van der Waals surface area contributed by atoms with Crippen molar-refractivity contribution in [3.05, 3.63) is 0 Å². The second kappa shape index (κ2) is 5.69. The van der Waals surface area contributed by atoms with Gasteiger partial charge in [-0.2, -0.15) is 0 Å². The summed E-state index contributed by atoms with van der Waals surface area (Å²) in [5.74, 6) is -0.0294. The Balaban J connectivity index is 2.88. The van der Waals surface area contributed by atoms with Crippen molar-refractivity contribution in [3.63, 3.8) is 0 Å². The molecule has 18 heavy (non-hydrogen) atoms. The van der Waals surface area contributed by atoms with Crippen molar-refractivity contribution in [1.29, 1.82) is 0 Å². The molecule has 1 fully saturated rings. The number of hydrogen-bond acceptors (Lipinski definition) is 3. The van der Waals surface area contributed by atoms with Gasteiger partial charge < -0.3 is 15.0 Å². The van der Waals surface area contributed by atoms with Crippen LogP contribution in [0.4, 0.5) is 0 Å². The van der Waals surface area contributed by atoms with E-state index in [4.69, 9.17) is 4.74 Å². The monoisotopic (exact) mass is 256 g/mol. The van der Waals surface area contributed by atoms with Crippen LogP contribution in [0.1, 0.15) is 34.6 Å². The maximum absolute atomic E-state index is 12.4. The molecule has 0 saturated carbocycles. The second-order valence-corrected chi connectivity index (χ2v) is 5.50. The molecular weight excluding hydrogens is 232 g/mol. The molecule has 104 valence electrons. The normalized spacial score (nSPS) is 23.4. The van der Waals surface area contributed by atoms with Gasteiger partial charge in [-0.15, -0.1) is 0 Å². The van der Waals surface area contributed by atoms with Crippen molar-refractivity contribution in [2.45, 2.75) is 46.2 Å². The van der Waals surface area contributed by atoms with E-state index in [2.05, 4.69) is 5.32 Å².